The van der Waals surface area contributed by atoms with Gasteiger partial charge in [-0.05, 0) is 31.9 Å². The molecule has 1 unspecified atom stereocenters. The molecule has 1 fully saturated rings. The standard InChI is InChI=1S/C20H26ClN5O2S/c1-13(22-19(28)15-10-6-7-11-16(15)21)18-24-25-20(26(18)2)29-12-17(27)23-14-8-4-3-5-9-14/h6-7,10-11,13-14H,3-5,8-9,12H2,1-2H3,(H,22,28)(H,23,27). The fraction of sp³-hybridized carbons (Fsp3) is 0.500. The van der Waals surface area contributed by atoms with Crippen LogP contribution in [0.4, 0.5) is 0 Å². The number of carbonyl (C=O) groups excluding carboxylic acids is 2. The fourth-order valence-electron chi connectivity index (χ4n) is 3.46. The van der Waals surface area contributed by atoms with Gasteiger partial charge in [0.25, 0.3) is 5.91 Å². The van der Waals surface area contributed by atoms with E-state index in [1.807, 2.05) is 14.0 Å². The van der Waals surface area contributed by atoms with Crippen molar-refractivity contribution in [1.29, 1.82) is 0 Å². The number of rotatable bonds is 7. The van der Waals surface area contributed by atoms with Crippen LogP contribution >= 0.6 is 23.4 Å². The quantitative estimate of drug-likeness (QED) is 0.649. The second-order valence-electron chi connectivity index (χ2n) is 7.27. The summed E-state index contributed by atoms with van der Waals surface area (Å²) in [5.74, 6) is 0.655. The molecule has 156 valence electrons. The van der Waals surface area contributed by atoms with Gasteiger partial charge in [0.2, 0.25) is 5.91 Å². The molecule has 7 nitrogen and oxygen atoms in total. The number of hydrogen-bond acceptors (Lipinski definition) is 5. The summed E-state index contributed by atoms with van der Waals surface area (Å²) >= 11 is 7.43. The van der Waals surface area contributed by atoms with E-state index in [1.165, 1.54) is 31.0 Å². The molecule has 0 radical (unpaired) electrons. The first-order valence-electron chi connectivity index (χ1n) is 9.82. The van der Waals surface area contributed by atoms with Crippen LogP contribution in [0.25, 0.3) is 0 Å². The zero-order chi connectivity index (χ0) is 20.8. The van der Waals surface area contributed by atoms with Gasteiger partial charge in [-0.2, -0.15) is 0 Å². The van der Waals surface area contributed by atoms with Gasteiger partial charge in [0.1, 0.15) is 0 Å². The van der Waals surface area contributed by atoms with Crippen LogP contribution in [0, 0.1) is 0 Å². The molecule has 0 saturated heterocycles. The summed E-state index contributed by atoms with van der Waals surface area (Å²) in [5, 5.41) is 15.4. The molecule has 0 spiro atoms. The van der Waals surface area contributed by atoms with E-state index in [2.05, 4.69) is 20.8 Å². The number of halogens is 1. The van der Waals surface area contributed by atoms with Gasteiger partial charge in [-0.1, -0.05) is 54.8 Å². The Kier molecular flexibility index (Phi) is 7.55. The molecule has 29 heavy (non-hydrogen) atoms. The van der Waals surface area contributed by atoms with E-state index in [1.54, 1.807) is 28.8 Å². The highest BCUT2D eigenvalue weighted by atomic mass is 35.5. The molecule has 2 aromatic rings. The van der Waals surface area contributed by atoms with Gasteiger partial charge in [-0.3, -0.25) is 9.59 Å². The summed E-state index contributed by atoms with van der Waals surface area (Å²) in [6.45, 7) is 1.84. The van der Waals surface area contributed by atoms with E-state index in [9.17, 15) is 9.59 Å². The van der Waals surface area contributed by atoms with Crippen molar-refractivity contribution in [2.24, 2.45) is 7.05 Å². The third kappa shape index (κ3) is 5.73. The molecular formula is C20H26ClN5O2S. The van der Waals surface area contributed by atoms with Gasteiger partial charge in [-0.25, -0.2) is 0 Å². The summed E-state index contributed by atoms with van der Waals surface area (Å²) in [4.78, 5) is 24.7. The highest BCUT2D eigenvalue weighted by Crippen LogP contribution is 2.21. The Morgan fingerprint density at radius 2 is 1.97 bits per heavy atom. The first kappa shape index (κ1) is 21.6. The first-order chi connectivity index (χ1) is 14.0. The second-order valence-corrected chi connectivity index (χ2v) is 8.62. The number of nitrogens with zero attached hydrogens (tertiary/aromatic N) is 3. The molecule has 3 rings (SSSR count). The average molecular weight is 436 g/mol. The molecule has 9 heteroatoms. The molecule has 1 heterocycles. The number of nitrogens with one attached hydrogen (secondary N) is 2. The predicted octanol–water partition coefficient (Wildman–Crippen LogP) is 3.50. The Bertz CT molecular complexity index is 866. The average Bonchev–Trinajstić information content (AvgIpc) is 3.08. The largest absolute Gasteiger partial charge is 0.353 e. The lowest BCUT2D eigenvalue weighted by atomic mass is 9.95. The molecule has 2 amide bonds. The number of thioether (sulfide) groups is 1. The Morgan fingerprint density at radius 3 is 2.69 bits per heavy atom. The third-order valence-corrected chi connectivity index (χ3v) is 6.37. The molecule has 2 N–H and O–H groups in total. The Labute approximate surface area is 180 Å². The van der Waals surface area contributed by atoms with Crippen molar-refractivity contribution in [2.75, 3.05) is 5.75 Å². The van der Waals surface area contributed by atoms with Crippen LogP contribution in [0.3, 0.4) is 0 Å². The molecule has 1 atom stereocenters. The molecule has 0 bridgehead atoms. The number of benzene rings is 1. The molecule has 1 saturated carbocycles. The molecule has 1 aliphatic rings. The first-order valence-corrected chi connectivity index (χ1v) is 11.2. The molecule has 0 aliphatic heterocycles. The highest BCUT2D eigenvalue weighted by Gasteiger charge is 2.21. The minimum absolute atomic E-state index is 0.0199. The molecule has 1 aliphatic carbocycles. The summed E-state index contributed by atoms with van der Waals surface area (Å²) in [7, 11) is 1.83. The SMILES string of the molecule is CC(NC(=O)c1ccccc1Cl)c1nnc(SCC(=O)NC2CCCCC2)n1C. The summed E-state index contributed by atoms with van der Waals surface area (Å²) in [6, 6.07) is 6.83. The van der Waals surface area contributed by atoms with E-state index in [0.717, 1.165) is 12.8 Å². The van der Waals surface area contributed by atoms with Crippen molar-refractivity contribution >= 4 is 35.2 Å². The normalized spacial score (nSPS) is 15.7. The topological polar surface area (TPSA) is 88.9 Å². The van der Waals surface area contributed by atoms with Crippen LogP contribution in [-0.2, 0) is 11.8 Å². The zero-order valence-corrected chi connectivity index (χ0v) is 18.2. The van der Waals surface area contributed by atoms with Gasteiger partial charge in [0.05, 0.1) is 22.4 Å². The maximum atomic E-state index is 12.5. The fourth-order valence-corrected chi connectivity index (χ4v) is 4.41. The molecule has 1 aromatic heterocycles. The number of hydrogen-bond donors (Lipinski definition) is 2. The van der Waals surface area contributed by atoms with Gasteiger partial charge in [0.15, 0.2) is 11.0 Å². The summed E-state index contributed by atoms with van der Waals surface area (Å²) in [5.41, 5.74) is 0.414. The van der Waals surface area contributed by atoms with Crippen molar-refractivity contribution in [2.45, 2.75) is 56.3 Å². The minimum Gasteiger partial charge on any atom is -0.353 e. The van der Waals surface area contributed by atoms with Gasteiger partial charge in [-0.15, -0.1) is 10.2 Å². The van der Waals surface area contributed by atoms with Crippen LogP contribution in [0.2, 0.25) is 5.02 Å². The zero-order valence-electron chi connectivity index (χ0n) is 16.7. The number of amides is 2. The minimum atomic E-state index is -0.360. The summed E-state index contributed by atoms with van der Waals surface area (Å²) in [6.07, 6.45) is 5.75. The van der Waals surface area contributed by atoms with Crippen LogP contribution in [0.15, 0.2) is 29.4 Å². The lowest BCUT2D eigenvalue weighted by molar-refractivity contribution is -0.119. The van der Waals surface area contributed by atoms with E-state index < -0.39 is 0 Å². The Morgan fingerprint density at radius 1 is 1.24 bits per heavy atom. The van der Waals surface area contributed by atoms with Gasteiger partial charge in [0, 0.05) is 13.1 Å². The summed E-state index contributed by atoms with van der Waals surface area (Å²) < 4.78 is 1.80. The molecular weight excluding hydrogens is 410 g/mol. The van der Waals surface area contributed by atoms with Gasteiger partial charge < -0.3 is 15.2 Å². The lowest BCUT2D eigenvalue weighted by Crippen LogP contribution is -2.37. The van der Waals surface area contributed by atoms with Crippen molar-refractivity contribution in [3.05, 3.63) is 40.7 Å². The van der Waals surface area contributed by atoms with Gasteiger partial charge >= 0.3 is 0 Å². The lowest BCUT2D eigenvalue weighted by Gasteiger charge is -2.22. The highest BCUT2D eigenvalue weighted by molar-refractivity contribution is 7.99. The van der Waals surface area contributed by atoms with E-state index in [4.69, 9.17) is 11.6 Å². The number of carbonyl (C=O) groups is 2. The number of aromatic nitrogens is 3. The predicted molar refractivity (Wildman–Crippen MR) is 114 cm³/mol. The third-order valence-electron chi connectivity index (χ3n) is 5.02. The van der Waals surface area contributed by atoms with E-state index in [-0.39, 0.29) is 17.9 Å². The van der Waals surface area contributed by atoms with E-state index >= 15 is 0 Å². The van der Waals surface area contributed by atoms with Crippen molar-refractivity contribution < 1.29 is 9.59 Å². The maximum Gasteiger partial charge on any atom is 0.253 e. The Balaban J connectivity index is 1.54. The smallest absolute Gasteiger partial charge is 0.253 e. The second kappa shape index (κ2) is 10.1. The van der Waals surface area contributed by atoms with Crippen molar-refractivity contribution in [3.63, 3.8) is 0 Å². The van der Waals surface area contributed by atoms with Crippen LogP contribution in [0.1, 0.15) is 61.3 Å². The van der Waals surface area contributed by atoms with Crippen LogP contribution in [-0.4, -0.2) is 38.4 Å². The molecule has 1 aromatic carbocycles. The van der Waals surface area contributed by atoms with E-state index in [0.29, 0.717) is 33.4 Å². The van der Waals surface area contributed by atoms with Crippen LogP contribution in [0.5, 0.6) is 0 Å². The monoisotopic (exact) mass is 435 g/mol. The van der Waals surface area contributed by atoms with Crippen molar-refractivity contribution in [1.82, 2.24) is 25.4 Å². The Hall–Kier alpha value is -2.06. The maximum absolute atomic E-state index is 12.5. The van der Waals surface area contributed by atoms with Crippen LogP contribution < -0.4 is 10.6 Å². The van der Waals surface area contributed by atoms with Crippen molar-refractivity contribution in [3.8, 4) is 0 Å².